The fraction of sp³-hybridized carbons (Fsp3) is 0.458. The van der Waals surface area contributed by atoms with Crippen molar-refractivity contribution >= 4 is 33.0 Å². The second-order valence-electron chi connectivity index (χ2n) is 10.0. The molecule has 0 radical (unpaired) electrons. The van der Waals surface area contributed by atoms with Crippen LogP contribution in [0.4, 0.5) is 25.1 Å². The molecule has 13 heteroatoms. The number of anilines is 1. The molecule has 4 N–H and O–H groups in total. The van der Waals surface area contributed by atoms with Gasteiger partial charge in [-0.05, 0) is 74.3 Å². The number of nitrogen functional groups attached to an aromatic ring is 1. The Morgan fingerprint density at radius 1 is 1.00 bits per heavy atom. The number of nitrogens with zero attached hydrogens (tertiary/aromatic N) is 3. The van der Waals surface area contributed by atoms with Gasteiger partial charge in [0.25, 0.3) is 5.91 Å². The van der Waals surface area contributed by atoms with Crippen molar-refractivity contribution in [3.05, 3.63) is 47.4 Å². The number of carbonyl (C=O) groups excluding carboxylic acids is 1. The van der Waals surface area contributed by atoms with E-state index in [2.05, 4.69) is 9.97 Å². The van der Waals surface area contributed by atoms with Crippen LogP contribution >= 0.6 is 10.2 Å². The number of carbonyl (C=O) groups is 1. The summed E-state index contributed by atoms with van der Waals surface area (Å²) in [4.78, 5) is 24.9. The number of rotatable bonds is 4. The molecule has 0 spiro atoms. The first-order valence-electron chi connectivity index (χ1n) is 12.1. The molecule has 5 rings (SSSR count). The predicted molar refractivity (Wildman–Crippen MR) is 131 cm³/mol. The van der Waals surface area contributed by atoms with Gasteiger partial charge < -0.3 is 20.7 Å². The second kappa shape index (κ2) is 8.29. The van der Waals surface area contributed by atoms with Crippen LogP contribution in [-0.2, 0) is 0 Å². The van der Waals surface area contributed by atoms with Gasteiger partial charge in [-0.25, -0.2) is 9.97 Å². The molecule has 0 bridgehead atoms. The molecule has 3 heterocycles. The van der Waals surface area contributed by atoms with Crippen molar-refractivity contribution < 1.29 is 29.3 Å². The molecule has 37 heavy (non-hydrogen) atoms. The fourth-order valence-electron chi connectivity index (χ4n) is 5.36. The molecule has 2 fully saturated rings. The number of imidazole rings is 1. The van der Waals surface area contributed by atoms with E-state index < -0.39 is 26.7 Å². The molecule has 1 aromatic carbocycles. The Bertz CT molecular complexity index is 1350. The molecule has 1 amide bonds. The quantitative estimate of drug-likeness (QED) is 0.266. The summed E-state index contributed by atoms with van der Waals surface area (Å²) >= 11 is 0. The van der Waals surface area contributed by atoms with E-state index in [9.17, 15) is 29.3 Å². The minimum absolute atomic E-state index is 0.0896. The van der Waals surface area contributed by atoms with Crippen LogP contribution in [0.5, 0.6) is 0 Å². The summed E-state index contributed by atoms with van der Waals surface area (Å²) in [5, 5.41) is 9.79. The van der Waals surface area contributed by atoms with Gasteiger partial charge in [0.15, 0.2) is 5.65 Å². The van der Waals surface area contributed by atoms with E-state index in [1.54, 1.807) is 6.20 Å². The van der Waals surface area contributed by atoms with Crippen molar-refractivity contribution in [3.8, 4) is 0 Å². The number of hydrogen-bond acceptors (Lipinski definition) is 5. The van der Waals surface area contributed by atoms with Gasteiger partial charge in [-0.15, -0.1) is 0 Å². The highest BCUT2D eigenvalue weighted by molar-refractivity contribution is 8.45. The summed E-state index contributed by atoms with van der Waals surface area (Å²) in [6.45, 7) is 0.654. The van der Waals surface area contributed by atoms with Gasteiger partial charge in [0.05, 0.1) is 11.7 Å². The van der Waals surface area contributed by atoms with Crippen LogP contribution in [0.1, 0.15) is 72.1 Å². The van der Waals surface area contributed by atoms with E-state index >= 15 is 0 Å². The van der Waals surface area contributed by atoms with Gasteiger partial charge in [0.2, 0.25) is 0 Å². The van der Waals surface area contributed by atoms with Gasteiger partial charge in [-0.1, -0.05) is 19.4 Å². The Balaban J connectivity index is 1.30. The van der Waals surface area contributed by atoms with E-state index in [0.29, 0.717) is 31.6 Å². The van der Waals surface area contributed by atoms with Crippen LogP contribution in [-0.4, -0.2) is 50.1 Å². The molecule has 2 aromatic heterocycles. The lowest BCUT2D eigenvalue weighted by atomic mass is 9.87. The number of amides is 1. The van der Waals surface area contributed by atoms with E-state index in [0.717, 1.165) is 48.7 Å². The molecule has 1 saturated heterocycles. The van der Waals surface area contributed by atoms with E-state index in [-0.39, 0.29) is 35.6 Å². The van der Waals surface area contributed by atoms with Crippen LogP contribution in [0.2, 0.25) is 0 Å². The van der Waals surface area contributed by atoms with Gasteiger partial charge in [-0.2, -0.15) is 0 Å². The highest BCUT2D eigenvalue weighted by Gasteiger charge is 2.65. The van der Waals surface area contributed by atoms with Crippen molar-refractivity contribution in [1.82, 2.24) is 19.9 Å². The maximum atomic E-state index is 13.1. The summed E-state index contributed by atoms with van der Waals surface area (Å²) < 4.78 is 65.4. The topological polar surface area (TPSA) is 108 Å². The first-order valence-corrected chi connectivity index (χ1v) is 14.1. The maximum Gasteiger partial charge on any atom is 0.310 e. The fourth-order valence-corrected chi connectivity index (χ4v) is 6.03. The van der Waals surface area contributed by atoms with Gasteiger partial charge in [-0.3, -0.25) is 4.79 Å². The number of nitrogens with one attached hydrogen (secondary N) is 1. The van der Waals surface area contributed by atoms with Crippen LogP contribution in [0.3, 0.4) is 0 Å². The number of piperidine rings is 1. The van der Waals surface area contributed by atoms with Crippen LogP contribution < -0.4 is 5.73 Å². The summed E-state index contributed by atoms with van der Waals surface area (Å²) in [5.41, 5.74) is 7.22. The number of H-pyrrole nitrogens is 1. The lowest BCUT2D eigenvalue weighted by molar-refractivity contribution is 0.0714. The van der Waals surface area contributed by atoms with E-state index in [1.165, 1.54) is 4.90 Å². The summed E-state index contributed by atoms with van der Waals surface area (Å²) in [7, 11) is -9.89. The third-order valence-electron chi connectivity index (χ3n) is 7.44. The zero-order valence-corrected chi connectivity index (χ0v) is 20.7. The van der Waals surface area contributed by atoms with Gasteiger partial charge in [0, 0.05) is 30.9 Å². The number of aliphatic hydroxyl groups excluding tert-OH is 1. The second-order valence-corrected chi connectivity index (χ2v) is 12.4. The van der Waals surface area contributed by atoms with Crippen molar-refractivity contribution in [2.45, 2.75) is 61.4 Å². The number of hydrogen-bond donors (Lipinski definition) is 3. The molecule has 0 atom stereocenters. The number of nitrogens with two attached hydrogens (primary N) is 1. The standard InChI is InChI=1S/C24H28F5N5O2S/c25-37(26,27,28,29)17-5-6-19(20(30)13-17)24(36)34-11-8-14(9-12-34)18-7-10-31-23-21(18)32-22(33-23)15-1-3-16(35)4-2-15/h5-7,10,13-16,35H,1-4,8-9,11-12,30H2,(H,31,32,33)/t15-,16+. The smallest absolute Gasteiger partial charge is 0.310 e. The minimum atomic E-state index is -9.89. The predicted octanol–water partition coefficient (Wildman–Crippen LogP) is 6.24. The number of fused-ring (bicyclic) bond motifs is 1. The van der Waals surface area contributed by atoms with Crippen LogP contribution in [0, 0.1) is 0 Å². The van der Waals surface area contributed by atoms with Crippen molar-refractivity contribution in [2.24, 2.45) is 0 Å². The monoisotopic (exact) mass is 545 g/mol. The zero-order chi connectivity index (χ0) is 26.7. The highest BCUT2D eigenvalue weighted by Crippen LogP contribution is 3.02. The molecule has 1 aliphatic carbocycles. The zero-order valence-electron chi connectivity index (χ0n) is 19.8. The molecule has 7 nitrogen and oxygen atoms in total. The summed E-state index contributed by atoms with van der Waals surface area (Å²) in [5.74, 6) is 0.596. The number of aromatic nitrogens is 3. The Labute approximate surface area is 210 Å². The molecule has 3 aromatic rings. The van der Waals surface area contributed by atoms with Crippen LogP contribution in [0.15, 0.2) is 35.4 Å². The number of halogens is 5. The first-order chi connectivity index (χ1) is 17.2. The Kier molecular flexibility index (Phi) is 5.76. The third kappa shape index (κ3) is 5.24. The maximum absolute atomic E-state index is 13.1. The third-order valence-corrected chi connectivity index (χ3v) is 8.58. The molecule has 1 saturated carbocycles. The average Bonchev–Trinajstić information content (AvgIpc) is 3.27. The van der Waals surface area contributed by atoms with Crippen molar-refractivity contribution in [3.63, 3.8) is 0 Å². The molecule has 1 aliphatic heterocycles. The number of likely N-dealkylation sites (tertiary alicyclic amines) is 1. The number of benzene rings is 1. The molecular formula is C24H28F5N5O2S. The molecule has 2 aliphatic rings. The van der Waals surface area contributed by atoms with Crippen molar-refractivity contribution in [2.75, 3.05) is 18.8 Å². The van der Waals surface area contributed by atoms with E-state index in [1.807, 2.05) is 6.07 Å². The number of pyridine rings is 1. The van der Waals surface area contributed by atoms with Gasteiger partial charge >= 0.3 is 10.2 Å². The summed E-state index contributed by atoms with van der Waals surface area (Å²) in [6, 6.07) is 2.99. The lowest BCUT2D eigenvalue weighted by Crippen LogP contribution is -2.38. The minimum Gasteiger partial charge on any atom is -0.398 e. The first kappa shape index (κ1) is 25.7. The van der Waals surface area contributed by atoms with E-state index in [4.69, 9.17) is 10.7 Å². The van der Waals surface area contributed by atoms with Crippen LogP contribution in [0.25, 0.3) is 11.2 Å². The summed E-state index contributed by atoms with van der Waals surface area (Å²) in [6.07, 6.45) is 5.80. The molecular weight excluding hydrogens is 517 g/mol. The lowest BCUT2D eigenvalue weighted by Gasteiger charge is -2.40. The molecule has 0 unspecified atom stereocenters. The van der Waals surface area contributed by atoms with Gasteiger partial charge in [0.1, 0.15) is 16.2 Å². The largest absolute Gasteiger partial charge is 0.398 e. The number of aliphatic hydroxyl groups is 1. The Morgan fingerprint density at radius 2 is 1.68 bits per heavy atom. The Morgan fingerprint density at radius 3 is 2.30 bits per heavy atom. The van der Waals surface area contributed by atoms with Crippen molar-refractivity contribution in [1.29, 1.82) is 0 Å². The highest BCUT2D eigenvalue weighted by atomic mass is 32.5. The Hall–Kier alpha value is -2.93. The number of aromatic amines is 1. The molecule has 202 valence electrons. The SMILES string of the molecule is Nc1cc(S(F)(F)(F)(F)F)ccc1C(=O)N1CCC(c2ccnc3[nH]c([C@H]4CC[C@@H](O)CC4)nc23)CC1. The average molecular weight is 546 g/mol. The normalized spacial score (nSPS) is 23.6.